The van der Waals surface area contributed by atoms with Crippen LogP contribution in [0.5, 0.6) is 0 Å². The van der Waals surface area contributed by atoms with Gasteiger partial charge in [-0.3, -0.25) is 20.6 Å². The summed E-state index contributed by atoms with van der Waals surface area (Å²) in [6.07, 6.45) is 0. The summed E-state index contributed by atoms with van der Waals surface area (Å²) in [5.41, 5.74) is 2.43. The molecule has 2 unspecified atom stereocenters. The van der Waals surface area contributed by atoms with Crippen LogP contribution < -0.4 is 20.6 Å². The molecule has 4 heteroatoms. The van der Waals surface area contributed by atoms with Crippen molar-refractivity contribution >= 4 is 11.7 Å². The Hall–Kier alpha value is -1.84. The molecule has 3 rings (SSSR count). The standard InChI is InChI=1S/C14H18N4/c1-9-7-15-13(17-9)11-3-5-12(6-4-11)14-16-8-10(2)18-14/h3-6,9-10H,7-8H2,1-2H3,(H,15,17)(H,16,18)/p+2. The Bertz CT molecular complexity index is 454. The predicted octanol–water partition coefficient (Wildman–Crippen LogP) is -2.68. The van der Waals surface area contributed by atoms with E-state index < -0.39 is 0 Å². The van der Waals surface area contributed by atoms with E-state index in [-0.39, 0.29) is 0 Å². The second-order valence-electron chi connectivity index (χ2n) is 5.18. The van der Waals surface area contributed by atoms with Gasteiger partial charge in [0.25, 0.3) is 11.7 Å². The van der Waals surface area contributed by atoms with Crippen LogP contribution >= 0.6 is 0 Å². The van der Waals surface area contributed by atoms with Crippen LogP contribution in [0.25, 0.3) is 0 Å². The molecule has 1 aromatic rings. The number of amidine groups is 2. The maximum atomic E-state index is 3.43. The van der Waals surface area contributed by atoms with Gasteiger partial charge >= 0.3 is 0 Å². The molecule has 0 radical (unpaired) electrons. The predicted molar refractivity (Wildman–Crippen MR) is 71.5 cm³/mol. The van der Waals surface area contributed by atoms with Gasteiger partial charge < -0.3 is 0 Å². The number of benzene rings is 1. The third-order valence-electron chi connectivity index (χ3n) is 3.41. The van der Waals surface area contributed by atoms with Crippen molar-refractivity contribution in [2.75, 3.05) is 13.1 Å². The molecule has 2 aliphatic rings. The Balaban J connectivity index is 1.77. The molecule has 0 amide bonds. The smallest absolute Gasteiger partial charge is 0.270 e. The molecule has 1 aromatic carbocycles. The lowest BCUT2D eigenvalue weighted by Crippen LogP contribution is -2.71. The fourth-order valence-corrected chi connectivity index (χ4v) is 2.38. The van der Waals surface area contributed by atoms with Gasteiger partial charge in [-0.1, -0.05) is 0 Å². The van der Waals surface area contributed by atoms with Crippen molar-refractivity contribution in [3.05, 3.63) is 35.4 Å². The minimum atomic E-state index is 0.507. The molecule has 0 saturated carbocycles. The molecule has 0 fully saturated rings. The zero-order valence-corrected chi connectivity index (χ0v) is 10.9. The zero-order chi connectivity index (χ0) is 12.5. The number of hydrogen-bond donors (Lipinski definition) is 4. The highest BCUT2D eigenvalue weighted by Gasteiger charge is 2.24. The van der Waals surface area contributed by atoms with Gasteiger partial charge in [0.2, 0.25) is 0 Å². The average Bonchev–Trinajstić information content (AvgIpc) is 2.98. The minimum absolute atomic E-state index is 0.507. The zero-order valence-electron chi connectivity index (χ0n) is 10.9. The number of rotatable bonds is 2. The number of hydrogen-bond acceptors (Lipinski definition) is 2. The maximum Gasteiger partial charge on any atom is 0.275 e. The second-order valence-corrected chi connectivity index (χ2v) is 5.18. The van der Waals surface area contributed by atoms with Gasteiger partial charge in [-0.05, 0) is 38.1 Å². The minimum Gasteiger partial charge on any atom is -0.270 e. The van der Waals surface area contributed by atoms with E-state index in [9.17, 15) is 0 Å². The van der Waals surface area contributed by atoms with Gasteiger partial charge in [0.15, 0.2) is 0 Å². The van der Waals surface area contributed by atoms with Crippen molar-refractivity contribution in [2.24, 2.45) is 0 Å². The van der Waals surface area contributed by atoms with Crippen molar-refractivity contribution < 1.29 is 9.98 Å². The van der Waals surface area contributed by atoms with Crippen LogP contribution in [-0.4, -0.2) is 36.8 Å². The molecule has 2 aliphatic heterocycles. The summed E-state index contributed by atoms with van der Waals surface area (Å²) in [7, 11) is 0. The number of nitrogens with one attached hydrogen (secondary N) is 4. The van der Waals surface area contributed by atoms with Crippen molar-refractivity contribution in [3.63, 3.8) is 0 Å². The van der Waals surface area contributed by atoms with Crippen molar-refractivity contribution in [1.29, 1.82) is 0 Å². The van der Waals surface area contributed by atoms with Crippen LogP contribution in [0.15, 0.2) is 24.3 Å². The van der Waals surface area contributed by atoms with E-state index >= 15 is 0 Å². The molecule has 4 nitrogen and oxygen atoms in total. The van der Waals surface area contributed by atoms with Crippen LogP contribution in [0, 0.1) is 0 Å². The Labute approximate surface area is 107 Å². The summed E-state index contributed by atoms with van der Waals surface area (Å²) in [5.74, 6) is 2.28. The monoisotopic (exact) mass is 244 g/mol. The molecule has 0 aromatic heterocycles. The first-order valence-corrected chi connectivity index (χ1v) is 6.58. The highest BCUT2D eigenvalue weighted by Crippen LogP contribution is 2.04. The van der Waals surface area contributed by atoms with Crippen LogP contribution in [0.1, 0.15) is 25.0 Å². The lowest BCUT2D eigenvalue weighted by molar-refractivity contribution is -0.448. The molecule has 4 N–H and O–H groups in total. The summed E-state index contributed by atoms with van der Waals surface area (Å²) in [5, 5.41) is 6.87. The quantitative estimate of drug-likeness (QED) is 0.458. The van der Waals surface area contributed by atoms with E-state index in [1.54, 1.807) is 0 Å². The lowest BCUT2D eigenvalue weighted by Gasteiger charge is -2.01. The molecule has 2 atom stereocenters. The first-order chi connectivity index (χ1) is 8.72. The molecule has 18 heavy (non-hydrogen) atoms. The molecular weight excluding hydrogens is 224 g/mol. The fourth-order valence-electron chi connectivity index (χ4n) is 2.38. The molecule has 0 bridgehead atoms. The summed E-state index contributed by atoms with van der Waals surface area (Å²) in [6, 6.07) is 9.63. The summed E-state index contributed by atoms with van der Waals surface area (Å²) >= 11 is 0. The molecule has 0 saturated heterocycles. The highest BCUT2D eigenvalue weighted by molar-refractivity contribution is 5.98. The van der Waals surface area contributed by atoms with Gasteiger partial charge in [-0.25, -0.2) is 0 Å². The van der Waals surface area contributed by atoms with Crippen LogP contribution in [-0.2, 0) is 0 Å². The van der Waals surface area contributed by atoms with Gasteiger partial charge in [-0.15, -0.1) is 0 Å². The normalized spacial score (nSPS) is 26.3. The molecule has 0 spiro atoms. The van der Waals surface area contributed by atoms with E-state index in [0.29, 0.717) is 12.1 Å². The summed E-state index contributed by atoms with van der Waals surface area (Å²) < 4.78 is 0. The molecule has 2 heterocycles. The Morgan fingerprint density at radius 3 is 1.50 bits per heavy atom. The van der Waals surface area contributed by atoms with Crippen LogP contribution in [0.4, 0.5) is 0 Å². The Kier molecular flexibility index (Phi) is 2.78. The lowest BCUT2D eigenvalue weighted by atomic mass is 10.1. The molecular formula is C14H20N4+2. The van der Waals surface area contributed by atoms with E-state index in [0.717, 1.165) is 24.8 Å². The third-order valence-corrected chi connectivity index (χ3v) is 3.41. The van der Waals surface area contributed by atoms with E-state index in [1.165, 1.54) is 11.1 Å². The van der Waals surface area contributed by atoms with Gasteiger partial charge in [0, 0.05) is 0 Å². The summed E-state index contributed by atoms with van der Waals surface area (Å²) in [6.45, 7) is 6.35. The van der Waals surface area contributed by atoms with Crippen LogP contribution in [0.3, 0.4) is 0 Å². The van der Waals surface area contributed by atoms with Gasteiger partial charge in [-0.2, -0.15) is 0 Å². The van der Waals surface area contributed by atoms with Crippen molar-refractivity contribution in [2.45, 2.75) is 25.9 Å². The second kappa shape index (κ2) is 4.44. The first-order valence-electron chi connectivity index (χ1n) is 6.58. The Morgan fingerprint density at radius 2 is 1.22 bits per heavy atom. The summed E-state index contributed by atoms with van der Waals surface area (Å²) in [4.78, 5) is 6.77. The average molecular weight is 244 g/mol. The molecule has 0 aliphatic carbocycles. The fraction of sp³-hybridized carbons (Fsp3) is 0.429. The van der Waals surface area contributed by atoms with E-state index in [1.807, 2.05) is 0 Å². The van der Waals surface area contributed by atoms with E-state index in [2.05, 4.69) is 58.7 Å². The van der Waals surface area contributed by atoms with E-state index in [4.69, 9.17) is 0 Å². The SMILES string of the molecule is CC1C[NH+]=C(c2ccc(C3=[NH+]CC(C)N3)cc2)N1. The third kappa shape index (κ3) is 2.10. The van der Waals surface area contributed by atoms with Gasteiger partial charge in [0.1, 0.15) is 25.2 Å². The Morgan fingerprint density at radius 1 is 0.833 bits per heavy atom. The maximum absolute atomic E-state index is 3.43. The van der Waals surface area contributed by atoms with Crippen molar-refractivity contribution in [3.8, 4) is 0 Å². The highest BCUT2D eigenvalue weighted by atomic mass is 15.1. The van der Waals surface area contributed by atoms with Gasteiger partial charge in [0.05, 0.1) is 11.1 Å². The first kappa shape index (κ1) is 11.3. The topological polar surface area (TPSA) is 52.0 Å². The largest absolute Gasteiger partial charge is 0.275 e. The van der Waals surface area contributed by atoms with Crippen LogP contribution in [0.2, 0.25) is 0 Å². The molecule has 94 valence electrons. The van der Waals surface area contributed by atoms with Crippen molar-refractivity contribution in [1.82, 2.24) is 10.6 Å².